The van der Waals surface area contributed by atoms with Gasteiger partial charge in [-0.25, -0.2) is 0 Å². The summed E-state index contributed by atoms with van der Waals surface area (Å²) in [6, 6.07) is 15.5. The van der Waals surface area contributed by atoms with E-state index in [4.69, 9.17) is 9.47 Å². The van der Waals surface area contributed by atoms with Crippen LogP contribution in [0.4, 0.5) is 0 Å². The van der Waals surface area contributed by atoms with E-state index in [1.165, 1.54) is 19.8 Å². The molecule has 1 aliphatic carbocycles. The molecule has 0 unspecified atom stereocenters. The Balaban J connectivity index is 1.73. The number of ketones is 2. The van der Waals surface area contributed by atoms with Gasteiger partial charge in [-0.3, -0.25) is 9.59 Å². The molecule has 4 aromatic rings. The molecule has 176 valence electrons. The number of Topliss-reactive ketones (excluding diaryl/α,β-unsaturated/α-hetero) is 2. The number of allylic oxidation sites excluding steroid dienone is 4. The van der Waals surface area contributed by atoms with Crippen LogP contribution in [-0.2, 0) is 25.6 Å². The van der Waals surface area contributed by atoms with E-state index >= 15 is 0 Å². The predicted molar refractivity (Wildman–Crippen MR) is 138 cm³/mol. The molecule has 6 nitrogen and oxygen atoms in total. The third-order valence-corrected chi connectivity index (χ3v) is 6.34. The quantitative estimate of drug-likeness (QED) is 0.294. The fourth-order valence-electron chi connectivity index (χ4n) is 4.70. The zero-order valence-electron chi connectivity index (χ0n) is 20.1. The minimum atomic E-state index is -0.384. The van der Waals surface area contributed by atoms with Gasteiger partial charge in [0.25, 0.3) is 0 Å². The van der Waals surface area contributed by atoms with E-state index in [1.54, 1.807) is 6.20 Å². The molecule has 0 saturated carbocycles. The molecule has 0 fully saturated rings. The van der Waals surface area contributed by atoms with Gasteiger partial charge in [-0.2, -0.15) is 0 Å². The van der Waals surface area contributed by atoms with Crippen LogP contribution in [-0.4, -0.2) is 35.3 Å². The number of hydrogen-bond acceptors (Lipinski definition) is 4. The van der Waals surface area contributed by atoms with Gasteiger partial charge in [-0.1, -0.05) is 48.0 Å². The number of para-hydroxylation sites is 2. The zero-order chi connectivity index (χ0) is 24.7. The maximum absolute atomic E-state index is 13.9. The molecule has 5 rings (SSSR count). The van der Waals surface area contributed by atoms with Gasteiger partial charge in [0.2, 0.25) is 11.6 Å². The van der Waals surface area contributed by atoms with E-state index in [-0.39, 0.29) is 34.2 Å². The van der Waals surface area contributed by atoms with Crippen molar-refractivity contribution in [1.29, 1.82) is 0 Å². The Morgan fingerprint density at radius 1 is 0.857 bits per heavy atom. The highest BCUT2D eigenvalue weighted by atomic mass is 16.5. The van der Waals surface area contributed by atoms with Crippen LogP contribution in [0.2, 0.25) is 0 Å². The molecule has 2 aromatic carbocycles. The van der Waals surface area contributed by atoms with Gasteiger partial charge >= 0.3 is 0 Å². The molecule has 6 heteroatoms. The number of aromatic amines is 1. The van der Waals surface area contributed by atoms with E-state index in [2.05, 4.69) is 15.6 Å². The smallest absolute Gasteiger partial charge is 0.232 e. The summed E-state index contributed by atoms with van der Waals surface area (Å²) in [6.45, 7) is 4.74. The monoisotopic (exact) mass is 466 g/mol. The zero-order valence-corrected chi connectivity index (χ0v) is 20.1. The third-order valence-electron chi connectivity index (χ3n) is 6.34. The minimum Gasteiger partial charge on any atom is -0.492 e. The second-order valence-corrected chi connectivity index (χ2v) is 8.72. The average Bonchev–Trinajstić information content (AvgIpc) is 3.45. The second-order valence-electron chi connectivity index (χ2n) is 8.72. The molecule has 1 N–H and O–H groups in total. The SMILES string of the molecule is COC1=C(c2c[nH]c3ccccc23)C(=O)C(OC)=C(c2cn(CC=C(C)C)c3ccccc23)C1=O. The first-order valence-corrected chi connectivity index (χ1v) is 11.4. The Labute approximate surface area is 203 Å². The van der Waals surface area contributed by atoms with Crippen molar-refractivity contribution in [2.24, 2.45) is 0 Å². The Hall–Kier alpha value is -4.32. The number of benzene rings is 2. The van der Waals surface area contributed by atoms with Crippen LogP contribution in [0.5, 0.6) is 0 Å². The van der Waals surface area contributed by atoms with E-state index in [0.29, 0.717) is 17.7 Å². The van der Waals surface area contributed by atoms with Crippen LogP contribution in [0.25, 0.3) is 33.0 Å². The molecular formula is C29H26N2O4. The number of H-pyrrole nitrogens is 1. The molecule has 0 bridgehead atoms. The molecule has 0 amide bonds. The lowest BCUT2D eigenvalue weighted by Crippen LogP contribution is -2.24. The van der Waals surface area contributed by atoms with Gasteiger partial charge < -0.3 is 19.0 Å². The number of aromatic nitrogens is 2. The van der Waals surface area contributed by atoms with E-state index in [1.807, 2.05) is 68.6 Å². The summed E-state index contributed by atoms with van der Waals surface area (Å²) >= 11 is 0. The molecule has 35 heavy (non-hydrogen) atoms. The Kier molecular flexibility index (Phi) is 5.65. The van der Waals surface area contributed by atoms with Crippen LogP contribution in [0.3, 0.4) is 0 Å². The van der Waals surface area contributed by atoms with Gasteiger partial charge in [0.1, 0.15) is 0 Å². The van der Waals surface area contributed by atoms with Gasteiger partial charge in [0.05, 0.1) is 25.4 Å². The van der Waals surface area contributed by atoms with Gasteiger partial charge in [0, 0.05) is 51.9 Å². The van der Waals surface area contributed by atoms with Crippen molar-refractivity contribution in [2.45, 2.75) is 20.4 Å². The lowest BCUT2D eigenvalue weighted by Gasteiger charge is -2.22. The number of rotatable bonds is 6. The lowest BCUT2D eigenvalue weighted by molar-refractivity contribution is -0.117. The van der Waals surface area contributed by atoms with Crippen LogP contribution in [0, 0.1) is 0 Å². The summed E-state index contributed by atoms with van der Waals surface area (Å²) in [7, 11) is 2.84. The Morgan fingerprint density at radius 3 is 2.11 bits per heavy atom. The highest BCUT2D eigenvalue weighted by Gasteiger charge is 2.39. The number of carbonyl (C=O) groups excluding carboxylic acids is 2. The fourth-order valence-corrected chi connectivity index (χ4v) is 4.70. The number of nitrogens with one attached hydrogen (secondary N) is 1. The molecule has 2 aromatic heterocycles. The Morgan fingerprint density at radius 2 is 1.46 bits per heavy atom. The normalized spacial score (nSPS) is 14.3. The summed E-state index contributed by atoms with van der Waals surface area (Å²) in [4.78, 5) is 31.0. The number of fused-ring (bicyclic) bond motifs is 2. The van der Waals surface area contributed by atoms with E-state index in [9.17, 15) is 9.59 Å². The second kappa shape index (κ2) is 8.80. The molecule has 0 aliphatic heterocycles. The molecule has 0 spiro atoms. The predicted octanol–water partition coefficient (Wildman–Crippen LogP) is 5.66. The van der Waals surface area contributed by atoms with Crippen LogP contribution in [0.1, 0.15) is 25.0 Å². The number of nitrogens with zero attached hydrogens (tertiary/aromatic N) is 1. The molecule has 2 heterocycles. The van der Waals surface area contributed by atoms with Crippen molar-refractivity contribution in [3.05, 3.63) is 95.2 Å². The highest BCUT2D eigenvalue weighted by molar-refractivity contribution is 6.48. The van der Waals surface area contributed by atoms with Crippen LogP contribution >= 0.6 is 0 Å². The Bertz CT molecular complexity index is 1590. The first-order chi connectivity index (χ1) is 17.0. The van der Waals surface area contributed by atoms with Crippen molar-refractivity contribution >= 4 is 44.5 Å². The van der Waals surface area contributed by atoms with Crippen molar-refractivity contribution < 1.29 is 19.1 Å². The van der Waals surface area contributed by atoms with E-state index < -0.39 is 0 Å². The maximum Gasteiger partial charge on any atom is 0.232 e. The fraction of sp³-hybridized carbons (Fsp3) is 0.172. The van der Waals surface area contributed by atoms with Crippen molar-refractivity contribution in [2.75, 3.05) is 14.2 Å². The number of methoxy groups -OCH3 is 2. The number of carbonyl (C=O) groups is 2. The molecule has 0 atom stereocenters. The topological polar surface area (TPSA) is 73.3 Å². The summed E-state index contributed by atoms with van der Waals surface area (Å²) in [5.41, 5.74) is 4.68. The minimum absolute atomic E-state index is 0.0108. The van der Waals surface area contributed by atoms with Gasteiger partial charge in [-0.05, 0) is 26.0 Å². The third kappa shape index (κ3) is 3.58. The van der Waals surface area contributed by atoms with Crippen molar-refractivity contribution in [3.63, 3.8) is 0 Å². The summed E-state index contributed by atoms with van der Waals surface area (Å²) < 4.78 is 13.3. The summed E-state index contributed by atoms with van der Waals surface area (Å²) in [5.74, 6) is -0.739. The standard InChI is InChI=1S/C29H26N2O4/c1-17(2)13-14-31-16-21(19-10-6-8-12-23(19)31)25-27(33)28(34-3)24(26(32)29(25)35-4)20-15-30-22-11-7-5-9-18(20)22/h5-13,15-16,30H,14H2,1-4H3. The molecular weight excluding hydrogens is 440 g/mol. The van der Waals surface area contributed by atoms with Crippen LogP contribution in [0.15, 0.2) is 84.1 Å². The molecule has 0 saturated heterocycles. The van der Waals surface area contributed by atoms with Gasteiger partial charge in [0.15, 0.2) is 11.5 Å². The summed E-state index contributed by atoms with van der Waals surface area (Å²) in [5, 5.41) is 1.70. The van der Waals surface area contributed by atoms with Crippen molar-refractivity contribution in [1.82, 2.24) is 9.55 Å². The van der Waals surface area contributed by atoms with Gasteiger partial charge in [-0.15, -0.1) is 0 Å². The maximum atomic E-state index is 13.9. The first-order valence-electron chi connectivity index (χ1n) is 11.4. The lowest BCUT2D eigenvalue weighted by atomic mass is 9.86. The average molecular weight is 467 g/mol. The van der Waals surface area contributed by atoms with Crippen molar-refractivity contribution in [3.8, 4) is 0 Å². The highest BCUT2D eigenvalue weighted by Crippen LogP contribution is 2.40. The number of hydrogen-bond donors (Lipinski definition) is 1. The largest absolute Gasteiger partial charge is 0.492 e. The molecule has 1 aliphatic rings. The van der Waals surface area contributed by atoms with E-state index in [0.717, 1.165) is 21.8 Å². The van der Waals surface area contributed by atoms with Crippen LogP contribution < -0.4 is 0 Å². The first kappa shape index (κ1) is 22.5. The summed E-state index contributed by atoms with van der Waals surface area (Å²) in [6.07, 6.45) is 5.76. The molecule has 0 radical (unpaired) electrons. The number of ether oxygens (including phenoxy) is 2.